The fourth-order valence-electron chi connectivity index (χ4n) is 2.35. The highest BCUT2D eigenvalue weighted by molar-refractivity contribution is 5.90. The van der Waals surface area contributed by atoms with E-state index in [1.807, 2.05) is 30.3 Å². The van der Waals surface area contributed by atoms with Crippen molar-refractivity contribution in [3.05, 3.63) is 66.4 Å². The van der Waals surface area contributed by atoms with E-state index in [0.717, 1.165) is 5.69 Å². The van der Waals surface area contributed by atoms with Gasteiger partial charge in [0.15, 0.2) is 0 Å². The number of nitrogens with one attached hydrogen (secondary N) is 2. The van der Waals surface area contributed by atoms with Gasteiger partial charge in [-0.3, -0.25) is 0 Å². The number of aromatic nitrogens is 2. The van der Waals surface area contributed by atoms with Gasteiger partial charge in [0.1, 0.15) is 11.6 Å². The smallest absolute Gasteiger partial charge is 0.337 e. The van der Waals surface area contributed by atoms with Gasteiger partial charge < -0.3 is 20.1 Å². The fraction of sp³-hybridized carbons (Fsp3) is 0.105. The van der Waals surface area contributed by atoms with Gasteiger partial charge in [0.05, 0.1) is 25.5 Å². The van der Waals surface area contributed by atoms with Gasteiger partial charge in [0.25, 0.3) is 0 Å². The molecule has 26 heavy (non-hydrogen) atoms. The first-order valence-electron chi connectivity index (χ1n) is 7.88. The number of carbonyl (C=O) groups excluding carboxylic acids is 1. The molecule has 0 aliphatic heterocycles. The Morgan fingerprint density at radius 1 is 1.00 bits per heavy atom. The standard InChI is InChI=1S/C19H18N4O3/c1-25-16-9-4-3-8-15(16)22-17-10-11-20-19(23-17)21-14-7-5-6-13(12-14)18(24)26-2/h3-12H,1-2H3,(H2,20,21,22,23). The molecule has 0 fully saturated rings. The molecule has 0 saturated carbocycles. The van der Waals surface area contributed by atoms with E-state index >= 15 is 0 Å². The molecule has 3 aromatic rings. The number of rotatable bonds is 6. The molecule has 7 nitrogen and oxygen atoms in total. The molecule has 3 rings (SSSR count). The molecule has 0 aliphatic carbocycles. The predicted octanol–water partition coefficient (Wildman–Crippen LogP) is 3.76. The van der Waals surface area contributed by atoms with Crippen LogP contribution in [0.5, 0.6) is 5.75 Å². The summed E-state index contributed by atoms with van der Waals surface area (Å²) in [7, 11) is 2.96. The molecule has 0 unspecified atom stereocenters. The maximum atomic E-state index is 11.6. The number of esters is 1. The van der Waals surface area contributed by atoms with E-state index in [-0.39, 0.29) is 0 Å². The molecule has 132 valence electrons. The second kappa shape index (κ2) is 7.98. The second-order valence-electron chi connectivity index (χ2n) is 5.29. The summed E-state index contributed by atoms with van der Waals surface area (Å²) < 4.78 is 10.1. The minimum Gasteiger partial charge on any atom is -0.495 e. The van der Waals surface area contributed by atoms with Crippen LogP contribution in [0.3, 0.4) is 0 Å². The van der Waals surface area contributed by atoms with Crippen molar-refractivity contribution in [2.45, 2.75) is 0 Å². The number of nitrogens with zero attached hydrogens (tertiary/aromatic N) is 2. The van der Waals surface area contributed by atoms with E-state index in [2.05, 4.69) is 20.6 Å². The van der Waals surface area contributed by atoms with Crippen molar-refractivity contribution < 1.29 is 14.3 Å². The van der Waals surface area contributed by atoms with Crippen molar-refractivity contribution in [2.75, 3.05) is 24.9 Å². The molecule has 1 aromatic heterocycles. The van der Waals surface area contributed by atoms with Crippen molar-refractivity contribution in [2.24, 2.45) is 0 Å². The van der Waals surface area contributed by atoms with Crippen LogP contribution in [0.1, 0.15) is 10.4 Å². The lowest BCUT2D eigenvalue weighted by Crippen LogP contribution is -2.03. The summed E-state index contributed by atoms with van der Waals surface area (Å²) in [4.78, 5) is 20.3. The Labute approximate surface area is 151 Å². The first-order valence-corrected chi connectivity index (χ1v) is 7.88. The van der Waals surface area contributed by atoms with Gasteiger partial charge in [-0.25, -0.2) is 9.78 Å². The fourth-order valence-corrected chi connectivity index (χ4v) is 2.35. The molecular weight excluding hydrogens is 332 g/mol. The van der Waals surface area contributed by atoms with Gasteiger partial charge in [-0.2, -0.15) is 4.98 Å². The Morgan fingerprint density at radius 3 is 2.65 bits per heavy atom. The Morgan fingerprint density at radius 2 is 1.85 bits per heavy atom. The third-order valence-electron chi connectivity index (χ3n) is 3.57. The van der Waals surface area contributed by atoms with Gasteiger partial charge in [0, 0.05) is 11.9 Å². The number of para-hydroxylation sites is 2. The Kier molecular flexibility index (Phi) is 5.28. The summed E-state index contributed by atoms with van der Waals surface area (Å²) in [6.07, 6.45) is 1.64. The topological polar surface area (TPSA) is 85.4 Å². The number of ether oxygens (including phenoxy) is 2. The van der Waals surface area contributed by atoms with Gasteiger partial charge in [0.2, 0.25) is 5.95 Å². The van der Waals surface area contributed by atoms with Gasteiger partial charge >= 0.3 is 5.97 Å². The van der Waals surface area contributed by atoms with Crippen LogP contribution >= 0.6 is 0 Å². The molecular formula is C19H18N4O3. The van der Waals surface area contributed by atoms with E-state index in [9.17, 15) is 4.79 Å². The maximum absolute atomic E-state index is 11.6. The minimum atomic E-state index is -0.402. The molecule has 0 aliphatic rings. The van der Waals surface area contributed by atoms with Crippen LogP contribution in [0.25, 0.3) is 0 Å². The summed E-state index contributed by atoms with van der Waals surface area (Å²) in [6.45, 7) is 0. The number of carbonyl (C=O) groups is 1. The highest BCUT2D eigenvalue weighted by atomic mass is 16.5. The Bertz CT molecular complexity index is 915. The van der Waals surface area contributed by atoms with Crippen LogP contribution in [-0.4, -0.2) is 30.2 Å². The van der Waals surface area contributed by atoms with Crippen LogP contribution in [-0.2, 0) is 4.74 Å². The third-order valence-corrected chi connectivity index (χ3v) is 3.57. The van der Waals surface area contributed by atoms with Crippen molar-refractivity contribution in [1.82, 2.24) is 9.97 Å². The van der Waals surface area contributed by atoms with Gasteiger partial charge in [-0.1, -0.05) is 18.2 Å². The summed E-state index contributed by atoms with van der Waals surface area (Å²) in [5.74, 6) is 1.32. The van der Waals surface area contributed by atoms with Crippen LogP contribution < -0.4 is 15.4 Å². The molecule has 0 atom stereocenters. The zero-order valence-corrected chi connectivity index (χ0v) is 14.4. The highest BCUT2D eigenvalue weighted by Gasteiger charge is 2.08. The second-order valence-corrected chi connectivity index (χ2v) is 5.29. The Balaban J connectivity index is 1.78. The number of anilines is 4. The van der Waals surface area contributed by atoms with E-state index in [1.165, 1.54) is 7.11 Å². The molecule has 0 radical (unpaired) electrons. The number of benzene rings is 2. The summed E-state index contributed by atoms with van der Waals surface area (Å²) >= 11 is 0. The number of hydrogen-bond acceptors (Lipinski definition) is 7. The monoisotopic (exact) mass is 350 g/mol. The molecule has 0 spiro atoms. The Hall–Kier alpha value is -3.61. The lowest BCUT2D eigenvalue weighted by atomic mass is 10.2. The molecule has 0 saturated heterocycles. The van der Waals surface area contributed by atoms with Crippen LogP contribution in [0.4, 0.5) is 23.1 Å². The summed E-state index contributed by atoms with van der Waals surface area (Å²) in [5.41, 5.74) is 1.93. The first-order chi connectivity index (χ1) is 12.7. The molecule has 1 heterocycles. The third kappa shape index (κ3) is 4.07. The average Bonchev–Trinajstić information content (AvgIpc) is 2.68. The molecule has 0 bridgehead atoms. The largest absolute Gasteiger partial charge is 0.495 e. The van der Waals surface area contributed by atoms with Crippen molar-refractivity contribution in [1.29, 1.82) is 0 Å². The lowest BCUT2D eigenvalue weighted by molar-refractivity contribution is 0.0601. The predicted molar refractivity (Wildman–Crippen MR) is 99.4 cm³/mol. The van der Waals surface area contributed by atoms with E-state index < -0.39 is 5.97 Å². The zero-order valence-electron chi connectivity index (χ0n) is 14.4. The zero-order chi connectivity index (χ0) is 18.4. The molecule has 7 heteroatoms. The normalized spacial score (nSPS) is 10.1. The van der Waals surface area contributed by atoms with E-state index in [1.54, 1.807) is 37.6 Å². The van der Waals surface area contributed by atoms with Crippen LogP contribution in [0.15, 0.2) is 60.8 Å². The SMILES string of the molecule is COC(=O)c1cccc(Nc2nccc(Nc3ccccc3OC)n2)c1. The number of methoxy groups -OCH3 is 2. The molecule has 2 N–H and O–H groups in total. The van der Waals surface area contributed by atoms with Crippen LogP contribution in [0.2, 0.25) is 0 Å². The van der Waals surface area contributed by atoms with Crippen LogP contribution in [0, 0.1) is 0 Å². The van der Waals surface area contributed by atoms with E-state index in [4.69, 9.17) is 9.47 Å². The average molecular weight is 350 g/mol. The minimum absolute atomic E-state index is 0.395. The van der Waals surface area contributed by atoms with Gasteiger partial charge in [-0.15, -0.1) is 0 Å². The lowest BCUT2D eigenvalue weighted by Gasteiger charge is -2.11. The van der Waals surface area contributed by atoms with Gasteiger partial charge in [-0.05, 0) is 36.4 Å². The van der Waals surface area contributed by atoms with Crippen molar-refractivity contribution >= 4 is 29.1 Å². The molecule has 0 amide bonds. The quantitative estimate of drug-likeness (QED) is 0.655. The maximum Gasteiger partial charge on any atom is 0.337 e. The number of hydrogen-bond donors (Lipinski definition) is 2. The first kappa shape index (κ1) is 17.2. The van der Waals surface area contributed by atoms with E-state index in [0.29, 0.717) is 28.8 Å². The van der Waals surface area contributed by atoms with Crippen molar-refractivity contribution in [3.63, 3.8) is 0 Å². The molecule has 2 aromatic carbocycles. The highest BCUT2D eigenvalue weighted by Crippen LogP contribution is 2.26. The van der Waals surface area contributed by atoms with Crippen molar-refractivity contribution in [3.8, 4) is 5.75 Å². The summed E-state index contributed by atoms with van der Waals surface area (Å²) in [6, 6.07) is 16.2. The summed E-state index contributed by atoms with van der Waals surface area (Å²) in [5, 5.41) is 6.27.